The average Bonchev–Trinajstić information content (AvgIpc) is 2.32. The maximum Gasteiger partial charge on any atom is 0.252 e. The van der Waals surface area contributed by atoms with Crippen LogP contribution in [-0.2, 0) is 0 Å². The molecule has 0 aromatic heterocycles. The first kappa shape index (κ1) is 12.4. The summed E-state index contributed by atoms with van der Waals surface area (Å²) in [4.78, 5) is 11.3. The van der Waals surface area contributed by atoms with Crippen LogP contribution in [-0.4, -0.2) is 25.1 Å². The Morgan fingerprint density at radius 2 is 2.35 bits per heavy atom. The Bertz CT molecular complexity index is 417. The van der Waals surface area contributed by atoms with Gasteiger partial charge in [-0.1, -0.05) is 15.9 Å². The zero-order chi connectivity index (χ0) is 12.3. The Labute approximate surface area is 109 Å². The second kappa shape index (κ2) is 5.51. The van der Waals surface area contributed by atoms with Crippen molar-refractivity contribution in [2.24, 2.45) is 5.73 Å². The fraction of sp³-hybridized carbons (Fsp3) is 0.417. The second-order valence-corrected chi connectivity index (χ2v) is 5.01. The molecular formula is C12H15BrN2O2. The molecule has 3 N–H and O–H groups in total. The number of rotatable bonds is 3. The molecule has 92 valence electrons. The van der Waals surface area contributed by atoms with Gasteiger partial charge in [0.1, 0.15) is 11.9 Å². The Balaban J connectivity index is 2.16. The molecule has 1 aliphatic rings. The summed E-state index contributed by atoms with van der Waals surface area (Å²) in [5.41, 5.74) is 5.75. The number of hydrogen-bond donors (Lipinski definition) is 2. The molecule has 1 aromatic carbocycles. The van der Waals surface area contributed by atoms with Crippen molar-refractivity contribution in [2.75, 3.05) is 13.1 Å². The van der Waals surface area contributed by atoms with E-state index in [1.54, 1.807) is 12.1 Å². The van der Waals surface area contributed by atoms with E-state index in [4.69, 9.17) is 10.5 Å². The third kappa shape index (κ3) is 3.20. The van der Waals surface area contributed by atoms with Crippen LogP contribution in [0.5, 0.6) is 5.75 Å². The number of benzene rings is 1. The van der Waals surface area contributed by atoms with Crippen LogP contribution in [0.3, 0.4) is 0 Å². The van der Waals surface area contributed by atoms with E-state index in [2.05, 4.69) is 21.2 Å². The van der Waals surface area contributed by atoms with Crippen molar-refractivity contribution in [2.45, 2.75) is 18.9 Å². The van der Waals surface area contributed by atoms with Crippen molar-refractivity contribution < 1.29 is 9.53 Å². The number of halogens is 1. The molecule has 1 amide bonds. The van der Waals surface area contributed by atoms with Crippen LogP contribution in [0.2, 0.25) is 0 Å². The van der Waals surface area contributed by atoms with Gasteiger partial charge in [0.25, 0.3) is 5.91 Å². The van der Waals surface area contributed by atoms with E-state index in [0.29, 0.717) is 11.3 Å². The van der Waals surface area contributed by atoms with Gasteiger partial charge >= 0.3 is 0 Å². The predicted octanol–water partition coefficient (Wildman–Crippen LogP) is 1.68. The van der Waals surface area contributed by atoms with E-state index in [-0.39, 0.29) is 6.10 Å². The molecule has 0 aliphatic carbocycles. The molecule has 17 heavy (non-hydrogen) atoms. The van der Waals surface area contributed by atoms with Gasteiger partial charge in [0.2, 0.25) is 0 Å². The molecule has 0 bridgehead atoms. The lowest BCUT2D eigenvalue weighted by molar-refractivity contribution is 0.0990. The number of piperidine rings is 1. The lowest BCUT2D eigenvalue weighted by atomic mass is 10.1. The van der Waals surface area contributed by atoms with E-state index in [1.165, 1.54) is 0 Å². The van der Waals surface area contributed by atoms with Crippen LogP contribution < -0.4 is 15.8 Å². The molecule has 0 radical (unpaired) electrons. The minimum absolute atomic E-state index is 0.114. The molecule has 1 aliphatic heterocycles. The molecule has 0 saturated carbocycles. The van der Waals surface area contributed by atoms with Crippen molar-refractivity contribution >= 4 is 21.8 Å². The summed E-state index contributed by atoms with van der Waals surface area (Å²) in [6, 6.07) is 5.31. The topological polar surface area (TPSA) is 64.4 Å². The summed E-state index contributed by atoms with van der Waals surface area (Å²) in [6.07, 6.45) is 2.21. The minimum atomic E-state index is -0.468. The van der Waals surface area contributed by atoms with Gasteiger partial charge in [0.15, 0.2) is 0 Å². The Morgan fingerprint density at radius 3 is 3.00 bits per heavy atom. The van der Waals surface area contributed by atoms with E-state index in [1.807, 2.05) is 6.07 Å². The van der Waals surface area contributed by atoms with E-state index in [0.717, 1.165) is 30.4 Å². The van der Waals surface area contributed by atoms with Crippen LogP contribution in [0.15, 0.2) is 22.7 Å². The summed E-state index contributed by atoms with van der Waals surface area (Å²) in [6.45, 7) is 1.84. The lowest BCUT2D eigenvalue weighted by Crippen LogP contribution is -2.37. The third-order valence-corrected chi connectivity index (χ3v) is 3.25. The number of hydrogen-bond acceptors (Lipinski definition) is 3. The number of carbonyl (C=O) groups excluding carboxylic acids is 1. The minimum Gasteiger partial charge on any atom is -0.488 e. The monoisotopic (exact) mass is 298 g/mol. The zero-order valence-electron chi connectivity index (χ0n) is 9.41. The van der Waals surface area contributed by atoms with Crippen LogP contribution >= 0.6 is 15.9 Å². The summed E-state index contributed by atoms with van der Waals surface area (Å²) >= 11 is 3.31. The smallest absolute Gasteiger partial charge is 0.252 e. The second-order valence-electron chi connectivity index (χ2n) is 4.09. The molecule has 1 saturated heterocycles. The summed E-state index contributed by atoms with van der Waals surface area (Å²) in [5, 5.41) is 3.26. The quantitative estimate of drug-likeness (QED) is 0.892. The van der Waals surface area contributed by atoms with Gasteiger partial charge in [-0.2, -0.15) is 0 Å². The van der Waals surface area contributed by atoms with E-state index in [9.17, 15) is 4.79 Å². The van der Waals surface area contributed by atoms with Crippen molar-refractivity contribution in [3.63, 3.8) is 0 Å². The maximum atomic E-state index is 11.3. The summed E-state index contributed by atoms with van der Waals surface area (Å²) in [5.74, 6) is 0.0967. The van der Waals surface area contributed by atoms with Gasteiger partial charge in [0, 0.05) is 11.0 Å². The van der Waals surface area contributed by atoms with E-state index >= 15 is 0 Å². The van der Waals surface area contributed by atoms with Crippen LogP contribution in [0.1, 0.15) is 23.2 Å². The highest BCUT2D eigenvalue weighted by Crippen LogP contribution is 2.24. The molecule has 4 nitrogen and oxygen atoms in total. The number of carbonyl (C=O) groups is 1. The van der Waals surface area contributed by atoms with Gasteiger partial charge in [-0.05, 0) is 37.6 Å². The number of primary amides is 1. The molecule has 1 heterocycles. The standard InChI is InChI=1S/C12H15BrN2O2/c13-8-3-4-11(10(6-8)12(14)16)17-9-2-1-5-15-7-9/h3-4,6,9,15H,1-2,5,7H2,(H2,14,16). The summed E-state index contributed by atoms with van der Waals surface area (Å²) < 4.78 is 6.64. The van der Waals surface area contributed by atoms with Gasteiger partial charge in [-0.15, -0.1) is 0 Å². The molecule has 2 rings (SSSR count). The van der Waals surface area contributed by atoms with E-state index < -0.39 is 5.91 Å². The van der Waals surface area contributed by atoms with Gasteiger partial charge < -0.3 is 15.8 Å². The van der Waals surface area contributed by atoms with Crippen molar-refractivity contribution in [3.05, 3.63) is 28.2 Å². The van der Waals surface area contributed by atoms with Crippen LogP contribution in [0, 0.1) is 0 Å². The van der Waals surface area contributed by atoms with Crippen molar-refractivity contribution in [1.82, 2.24) is 5.32 Å². The fourth-order valence-corrected chi connectivity index (χ4v) is 2.26. The molecule has 5 heteroatoms. The highest BCUT2D eigenvalue weighted by Gasteiger charge is 2.17. The zero-order valence-corrected chi connectivity index (χ0v) is 11.0. The number of nitrogens with one attached hydrogen (secondary N) is 1. The largest absolute Gasteiger partial charge is 0.488 e. The number of nitrogens with two attached hydrogens (primary N) is 1. The summed E-state index contributed by atoms with van der Waals surface area (Å²) in [7, 11) is 0. The first-order valence-electron chi connectivity index (χ1n) is 5.63. The van der Waals surface area contributed by atoms with Crippen molar-refractivity contribution in [1.29, 1.82) is 0 Å². The van der Waals surface area contributed by atoms with Crippen LogP contribution in [0.4, 0.5) is 0 Å². The SMILES string of the molecule is NC(=O)c1cc(Br)ccc1OC1CCCNC1. The molecule has 1 atom stereocenters. The maximum absolute atomic E-state index is 11.3. The lowest BCUT2D eigenvalue weighted by Gasteiger charge is -2.24. The third-order valence-electron chi connectivity index (χ3n) is 2.75. The highest BCUT2D eigenvalue weighted by atomic mass is 79.9. The first-order chi connectivity index (χ1) is 8.16. The predicted molar refractivity (Wildman–Crippen MR) is 69.2 cm³/mol. The number of amides is 1. The normalized spacial score (nSPS) is 19.9. The van der Waals surface area contributed by atoms with Crippen molar-refractivity contribution in [3.8, 4) is 5.75 Å². The Hall–Kier alpha value is -1.07. The molecule has 1 aromatic rings. The average molecular weight is 299 g/mol. The molecule has 1 fully saturated rings. The fourth-order valence-electron chi connectivity index (χ4n) is 1.90. The van der Waals surface area contributed by atoms with Gasteiger partial charge in [0.05, 0.1) is 5.56 Å². The Morgan fingerprint density at radius 1 is 1.53 bits per heavy atom. The molecular weight excluding hydrogens is 284 g/mol. The number of ether oxygens (including phenoxy) is 1. The van der Waals surface area contributed by atoms with Gasteiger partial charge in [-0.3, -0.25) is 4.79 Å². The highest BCUT2D eigenvalue weighted by molar-refractivity contribution is 9.10. The molecule has 0 spiro atoms. The van der Waals surface area contributed by atoms with Crippen LogP contribution in [0.25, 0.3) is 0 Å². The molecule has 1 unspecified atom stereocenters. The first-order valence-corrected chi connectivity index (χ1v) is 6.43. The Kier molecular flexibility index (Phi) is 4.02. The van der Waals surface area contributed by atoms with Gasteiger partial charge in [-0.25, -0.2) is 0 Å².